The highest BCUT2D eigenvalue weighted by atomic mass is 16.3. The lowest BCUT2D eigenvalue weighted by Gasteiger charge is -2.77. The minimum Gasteiger partial charge on any atom is -0.394 e. The normalized spacial score (nSPS) is 54.5. The number of aliphatic hydroxyl groups is 5. The van der Waals surface area contributed by atoms with Gasteiger partial charge in [0.15, 0.2) is 5.78 Å². The molecule has 0 amide bonds. The molecule has 10 aliphatic carbocycles. The quantitative estimate of drug-likeness (QED) is 0.196. The smallest absolute Gasteiger partial charge is 0.159 e. The summed E-state index contributed by atoms with van der Waals surface area (Å²) in [5.41, 5.74) is -3.85. The summed E-state index contributed by atoms with van der Waals surface area (Å²) in [6.07, 6.45) is 21.7. The molecule has 0 aliphatic heterocycles. The molecule has 6 fully saturated rings. The summed E-state index contributed by atoms with van der Waals surface area (Å²) >= 11 is 0. The summed E-state index contributed by atoms with van der Waals surface area (Å²) in [6, 6.07) is 0. The van der Waals surface area contributed by atoms with E-state index in [2.05, 4.69) is 53.5 Å². The maximum absolute atomic E-state index is 15.8. The van der Waals surface area contributed by atoms with Crippen LogP contribution in [0.4, 0.5) is 0 Å². The van der Waals surface area contributed by atoms with E-state index in [1.165, 1.54) is 5.57 Å². The molecule has 1 heterocycles. The fourth-order valence-electron chi connectivity index (χ4n) is 17.7. The van der Waals surface area contributed by atoms with E-state index in [4.69, 9.17) is 0 Å². The monoisotopic (exact) mass is 738 g/mol. The van der Waals surface area contributed by atoms with Crippen LogP contribution in [0.15, 0.2) is 42.5 Å². The molecule has 1 aromatic rings. The highest BCUT2D eigenvalue weighted by molar-refractivity contribution is 5.96. The van der Waals surface area contributed by atoms with Gasteiger partial charge in [-0.2, -0.15) is 0 Å². The zero-order valence-electron chi connectivity index (χ0n) is 32.6. The van der Waals surface area contributed by atoms with E-state index in [-0.39, 0.29) is 46.2 Å². The van der Waals surface area contributed by atoms with Crippen LogP contribution in [0.25, 0.3) is 0 Å². The number of carbonyl (C=O) groups is 1. The van der Waals surface area contributed by atoms with Crippen LogP contribution in [0.5, 0.6) is 0 Å². The van der Waals surface area contributed by atoms with Gasteiger partial charge in [-0.05, 0) is 140 Å². The third kappa shape index (κ3) is 4.05. The van der Waals surface area contributed by atoms with Crippen LogP contribution < -0.4 is 0 Å². The molecular formula is C46H62N2O6. The molecule has 0 aromatic carbocycles. The number of rotatable bonds is 4. The van der Waals surface area contributed by atoms with Crippen molar-refractivity contribution < 1.29 is 30.3 Å². The number of ketones is 1. The molecular weight excluding hydrogens is 677 g/mol. The summed E-state index contributed by atoms with van der Waals surface area (Å²) in [5, 5.41) is 60.3. The standard InChI is InChI=1S/C46H62N2O6/c1-39-13-5-4-8-36(52)46-32(23-39)31-21-33(50)38-42-15-9-29(24-48-20-19-47-28-48)22-43(38,17-11-34(42)41(3,37(53)25-49)35(51)12-16-42)40(31,2)27-45(46,54)18-10-30-7-6-14-44(30,46)26-39/h10,18-21,28-30,32,34-38,49,51-54H,5-7,9,11-17,22-27H2,1-3H3. The molecule has 6 saturated carbocycles. The Morgan fingerprint density at radius 3 is 2.59 bits per heavy atom. The number of imidazole rings is 1. The number of aromatic nitrogens is 2. The van der Waals surface area contributed by atoms with Crippen molar-refractivity contribution in [3.63, 3.8) is 0 Å². The lowest BCUT2D eigenvalue weighted by atomic mass is 9.26. The molecule has 16 atom stereocenters. The van der Waals surface area contributed by atoms with Crippen molar-refractivity contribution in [2.75, 3.05) is 6.61 Å². The van der Waals surface area contributed by atoms with Crippen LogP contribution in [0, 0.1) is 79.3 Å². The van der Waals surface area contributed by atoms with E-state index < -0.39 is 57.6 Å². The first-order valence-corrected chi connectivity index (χ1v) is 21.5. The fraction of sp³-hybridized carbons (Fsp3) is 0.783. The Morgan fingerprint density at radius 1 is 1.00 bits per heavy atom. The van der Waals surface area contributed by atoms with Crippen molar-refractivity contribution in [1.82, 2.24) is 9.55 Å². The molecule has 1 aromatic heterocycles. The number of allylic oxidation sites excluding steroid dienone is 3. The highest BCUT2D eigenvalue weighted by Gasteiger charge is 2.83. The Kier molecular flexibility index (Phi) is 7.64. The summed E-state index contributed by atoms with van der Waals surface area (Å²) in [4.78, 5) is 20.2. The van der Waals surface area contributed by atoms with Gasteiger partial charge < -0.3 is 30.1 Å². The van der Waals surface area contributed by atoms with Crippen LogP contribution >= 0.6 is 0 Å². The maximum atomic E-state index is 15.8. The third-order valence-electron chi connectivity index (χ3n) is 19.5. The van der Waals surface area contributed by atoms with Gasteiger partial charge in [0.25, 0.3) is 0 Å². The zero-order chi connectivity index (χ0) is 37.7. The van der Waals surface area contributed by atoms with E-state index in [9.17, 15) is 25.5 Å². The number of hydrogen-bond donors (Lipinski definition) is 5. The van der Waals surface area contributed by atoms with Gasteiger partial charge in [-0.1, -0.05) is 50.8 Å². The van der Waals surface area contributed by atoms with Crippen molar-refractivity contribution in [1.29, 1.82) is 0 Å². The van der Waals surface area contributed by atoms with Crippen LogP contribution in [0.1, 0.15) is 117 Å². The molecule has 10 aliphatic rings. The third-order valence-corrected chi connectivity index (χ3v) is 19.5. The first-order valence-electron chi connectivity index (χ1n) is 21.5. The van der Waals surface area contributed by atoms with Crippen LogP contribution in [0.3, 0.4) is 0 Å². The lowest BCUT2D eigenvalue weighted by Crippen LogP contribution is -2.78. The first-order chi connectivity index (χ1) is 25.7. The van der Waals surface area contributed by atoms with E-state index in [0.29, 0.717) is 19.3 Å². The molecule has 3 spiro atoms. The predicted molar refractivity (Wildman–Crippen MR) is 203 cm³/mol. The van der Waals surface area contributed by atoms with Gasteiger partial charge in [0.2, 0.25) is 0 Å². The summed E-state index contributed by atoms with van der Waals surface area (Å²) < 4.78 is 2.18. The van der Waals surface area contributed by atoms with E-state index in [1.54, 1.807) is 0 Å². The maximum Gasteiger partial charge on any atom is 0.159 e. The molecule has 0 saturated heterocycles. The molecule has 16 unspecified atom stereocenters. The van der Waals surface area contributed by atoms with E-state index in [0.717, 1.165) is 83.6 Å². The van der Waals surface area contributed by atoms with Gasteiger partial charge in [0.1, 0.15) is 6.10 Å². The Hall–Kier alpha value is -2.28. The summed E-state index contributed by atoms with van der Waals surface area (Å²) in [5.74, 6) is 6.79. The van der Waals surface area contributed by atoms with Gasteiger partial charge in [-0.25, -0.2) is 4.98 Å². The fourth-order valence-corrected chi connectivity index (χ4v) is 17.7. The molecule has 11 rings (SSSR count). The Labute approximate surface area is 320 Å². The van der Waals surface area contributed by atoms with Crippen molar-refractivity contribution in [2.45, 2.75) is 148 Å². The molecule has 4 bridgehead atoms. The summed E-state index contributed by atoms with van der Waals surface area (Å²) in [6.45, 7) is 7.18. The number of fused-ring (bicyclic) bond motifs is 4. The average Bonchev–Trinajstić information content (AvgIpc) is 3.80. The van der Waals surface area contributed by atoms with Crippen LogP contribution in [-0.2, 0) is 11.3 Å². The summed E-state index contributed by atoms with van der Waals surface area (Å²) in [7, 11) is 0. The van der Waals surface area contributed by atoms with Crippen LogP contribution in [-0.4, -0.2) is 71.4 Å². The van der Waals surface area contributed by atoms with E-state index >= 15 is 4.79 Å². The Bertz CT molecular complexity index is 1860. The molecule has 54 heavy (non-hydrogen) atoms. The van der Waals surface area contributed by atoms with Gasteiger partial charge >= 0.3 is 0 Å². The molecule has 292 valence electrons. The van der Waals surface area contributed by atoms with Gasteiger partial charge in [-0.15, -0.1) is 5.92 Å². The van der Waals surface area contributed by atoms with Crippen molar-refractivity contribution in [3.8, 4) is 11.8 Å². The van der Waals surface area contributed by atoms with Crippen molar-refractivity contribution in [2.24, 2.45) is 67.5 Å². The minimum atomic E-state index is -1.31. The SMILES string of the molecule is CC12CCC#CC(O)C34C(C1)C1=CC(=O)C5C67CCC(Cn8ccnc8)CC5(CCC6C(C)(C(O)CO)C(O)CC7)C1(C)CC3(O)C=CC1CCCC14C2. The van der Waals surface area contributed by atoms with Gasteiger partial charge in [0.05, 0.1) is 36.2 Å². The highest BCUT2D eigenvalue weighted by Crippen LogP contribution is 2.84. The second-order valence-corrected chi connectivity index (χ2v) is 21.2. The Balaban J connectivity index is 1.22. The zero-order valence-corrected chi connectivity index (χ0v) is 32.6. The van der Waals surface area contributed by atoms with E-state index in [1.807, 2.05) is 25.6 Å². The predicted octanol–water partition coefficient (Wildman–Crippen LogP) is 5.76. The Morgan fingerprint density at radius 2 is 1.81 bits per heavy atom. The topological polar surface area (TPSA) is 136 Å². The average molecular weight is 739 g/mol. The van der Waals surface area contributed by atoms with Crippen molar-refractivity contribution >= 4 is 5.78 Å². The van der Waals surface area contributed by atoms with Gasteiger partial charge in [0, 0.05) is 36.7 Å². The number of carbonyl (C=O) groups excluding carboxylic acids is 1. The molecule has 5 N–H and O–H groups in total. The molecule has 0 radical (unpaired) electrons. The largest absolute Gasteiger partial charge is 0.394 e. The lowest BCUT2D eigenvalue weighted by molar-refractivity contribution is -0.293. The number of nitrogens with zero attached hydrogens (tertiary/aromatic N) is 2. The second-order valence-electron chi connectivity index (χ2n) is 21.2. The van der Waals surface area contributed by atoms with Gasteiger partial charge in [-0.3, -0.25) is 4.79 Å². The molecule has 8 heteroatoms. The van der Waals surface area contributed by atoms with Crippen molar-refractivity contribution in [3.05, 3.63) is 42.5 Å². The number of hydrogen-bond acceptors (Lipinski definition) is 7. The molecule has 8 nitrogen and oxygen atoms in total. The van der Waals surface area contributed by atoms with Crippen LogP contribution in [0.2, 0.25) is 0 Å². The first kappa shape index (κ1) is 36.1. The minimum absolute atomic E-state index is 0.0354. The second kappa shape index (κ2) is 11.4. The number of aliphatic hydroxyl groups excluding tert-OH is 4.